The largest absolute Gasteiger partial charge is 0.0622 e. The zero-order valence-electron chi connectivity index (χ0n) is 23.7. The monoisotopic (exact) mass is 536 g/mol. The summed E-state index contributed by atoms with van der Waals surface area (Å²) in [5.41, 5.74) is 12.4. The summed E-state index contributed by atoms with van der Waals surface area (Å²) in [4.78, 5) is 0. The van der Waals surface area contributed by atoms with Gasteiger partial charge in [0, 0.05) is 0 Å². The van der Waals surface area contributed by atoms with Gasteiger partial charge < -0.3 is 0 Å². The molecule has 1 saturated carbocycles. The number of hydrogen-bond donors (Lipinski definition) is 0. The Labute approximate surface area is 247 Å². The molecule has 0 nitrogen and oxygen atoms in total. The minimum atomic E-state index is 0.639. The van der Waals surface area contributed by atoms with Crippen molar-refractivity contribution in [1.82, 2.24) is 0 Å². The van der Waals surface area contributed by atoms with Gasteiger partial charge in [0.1, 0.15) is 0 Å². The second-order valence-electron chi connectivity index (χ2n) is 12.2. The highest BCUT2D eigenvalue weighted by Crippen LogP contribution is 2.59. The molecule has 2 aliphatic rings. The lowest BCUT2D eigenvalue weighted by Crippen LogP contribution is -2.04. The van der Waals surface area contributed by atoms with Crippen molar-refractivity contribution in [3.8, 4) is 44.5 Å². The molecule has 0 amide bonds. The summed E-state index contributed by atoms with van der Waals surface area (Å²) in [6.45, 7) is 0. The van der Waals surface area contributed by atoms with Gasteiger partial charge in [-0.25, -0.2) is 0 Å². The van der Waals surface area contributed by atoms with Crippen LogP contribution >= 0.6 is 0 Å². The quantitative estimate of drug-likeness (QED) is 0.197. The van der Waals surface area contributed by atoms with Crippen molar-refractivity contribution < 1.29 is 0 Å². The first-order valence-corrected chi connectivity index (χ1v) is 15.6. The highest BCUT2D eigenvalue weighted by atomic mass is 14.3. The van der Waals surface area contributed by atoms with Crippen LogP contribution in [-0.4, -0.2) is 0 Å². The Morgan fingerprint density at radius 3 is 1.55 bits per heavy atom. The van der Waals surface area contributed by atoms with Crippen LogP contribution < -0.4 is 0 Å². The number of hydrogen-bond acceptors (Lipinski definition) is 0. The summed E-state index contributed by atoms with van der Waals surface area (Å²) in [6.07, 6.45) is 6.65. The molecule has 7 aromatic carbocycles. The van der Waals surface area contributed by atoms with Gasteiger partial charge in [0.05, 0.1) is 0 Å². The molecule has 42 heavy (non-hydrogen) atoms. The van der Waals surface area contributed by atoms with E-state index in [1.807, 2.05) is 0 Å². The van der Waals surface area contributed by atoms with Crippen LogP contribution in [-0.2, 0) is 0 Å². The molecule has 9 rings (SSSR count). The topological polar surface area (TPSA) is 0 Å². The average molecular weight is 537 g/mol. The minimum absolute atomic E-state index is 0.639. The SMILES string of the molecule is c1ccc(-c2c3c(c(-c4ccccc4)c4ccccc24)-c2cc4ccccc4c4cc(C5CCCCC5)cc-3c24)cc1. The van der Waals surface area contributed by atoms with Crippen molar-refractivity contribution >= 4 is 32.3 Å². The maximum absolute atomic E-state index is 2.60. The van der Waals surface area contributed by atoms with E-state index < -0.39 is 0 Å². The van der Waals surface area contributed by atoms with E-state index in [-0.39, 0.29) is 0 Å². The van der Waals surface area contributed by atoms with Crippen molar-refractivity contribution in [2.75, 3.05) is 0 Å². The molecule has 2 aliphatic carbocycles. The molecule has 0 heterocycles. The van der Waals surface area contributed by atoms with Gasteiger partial charge >= 0.3 is 0 Å². The molecular weight excluding hydrogens is 504 g/mol. The van der Waals surface area contributed by atoms with E-state index in [9.17, 15) is 0 Å². The molecule has 0 heteroatoms. The van der Waals surface area contributed by atoms with Gasteiger partial charge in [0.2, 0.25) is 0 Å². The zero-order valence-corrected chi connectivity index (χ0v) is 23.7. The fourth-order valence-corrected chi connectivity index (χ4v) is 8.12. The van der Waals surface area contributed by atoms with Gasteiger partial charge in [-0.05, 0) is 107 Å². The lowest BCUT2D eigenvalue weighted by atomic mass is 9.81. The number of fused-ring (bicyclic) bond motifs is 6. The van der Waals surface area contributed by atoms with Crippen LogP contribution in [0.15, 0.2) is 127 Å². The third kappa shape index (κ3) is 3.48. The molecular formula is C42H32. The van der Waals surface area contributed by atoms with Gasteiger partial charge in [-0.15, -0.1) is 0 Å². The van der Waals surface area contributed by atoms with Crippen molar-refractivity contribution in [2.45, 2.75) is 38.0 Å². The fraction of sp³-hybridized carbons (Fsp3) is 0.143. The molecule has 0 saturated heterocycles. The van der Waals surface area contributed by atoms with E-state index in [0.717, 1.165) is 0 Å². The highest BCUT2D eigenvalue weighted by Gasteiger charge is 2.32. The molecule has 0 atom stereocenters. The first-order valence-electron chi connectivity index (χ1n) is 15.6. The third-order valence-electron chi connectivity index (χ3n) is 9.94. The predicted octanol–water partition coefficient (Wildman–Crippen LogP) is 12.2. The number of benzene rings is 7. The molecule has 0 bridgehead atoms. The Morgan fingerprint density at radius 1 is 0.405 bits per heavy atom. The molecule has 7 aromatic rings. The fourth-order valence-electron chi connectivity index (χ4n) is 8.12. The van der Waals surface area contributed by atoms with E-state index in [4.69, 9.17) is 0 Å². The zero-order chi connectivity index (χ0) is 27.6. The second kappa shape index (κ2) is 9.43. The summed E-state index contributed by atoms with van der Waals surface area (Å²) in [7, 11) is 0. The van der Waals surface area contributed by atoms with E-state index >= 15 is 0 Å². The lowest BCUT2D eigenvalue weighted by molar-refractivity contribution is 0.444. The maximum atomic E-state index is 2.60. The number of rotatable bonds is 3. The van der Waals surface area contributed by atoms with Crippen LogP contribution in [0.1, 0.15) is 43.6 Å². The van der Waals surface area contributed by atoms with Crippen molar-refractivity contribution in [3.63, 3.8) is 0 Å². The van der Waals surface area contributed by atoms with Crippen LogP contribution in [0.4, 0.5) is 0 Å². The summed E-state index contributed by atoms with van der Waals surface area (Å²) >= 11 is 0. The van der Waals surface area contributed by atoms with E-state index in [1.54, 1.807) is 0 Å². The summed E-state index contributed by atoms with van der Waals surface area (Å²) in [5.74, 6) is 0.639. The summed E-state index contributed by atoms with van der Waals surface area (Å²) < 4.78 is 0. The Kier molecular flexibility index (Phi) is 5.38. The Bertz CT molecular complexity index is 2150. The van der Waals surface area contributed by atoms with Gasteiger partial charge in [0.15, 0.2) is 0 Å². The first kappa shape index (κ1) is 24.0. The van der Waals surface area contributed by atoms with E-state index in [2.05, 4.69) is 127 Å². The Balaban J connectivity index is 1.52. The van der Waals surface area contributed by atoms with Crippen LogP contribution in [0.3, 0.4) is 0 Å². The molecule has 0 aromatic heterocycles. The molecule has 1 fully saturated rings. The van der Waals surface area contributed by atoms with Crippen molar-refractivity contribution in [2.24, 2.45) is 0 Å². The molecule has 0 aliphatic heterocycles. The second-order valence-corrected chi connectivity index (χ2v) is 12.2. The minimum Gasteiger partial charge on any atom is -0.0622 e. The normalized spacial score (nSPS) is 14.6. The average Bonchev–Trinajstić information content (AvgIpc) is 3.38. The third-order valence-corrected chi connectivity index (χ3v) is 9.94. The standard InChI is InChI=1S/C42H32/c1-4-14-27(15-5-1)31-25-35-32-21-11-10-20-30(32)24-36-40(35)37(26-31)42-39(29-18-8-3-9-19-29)34-23-13-12-22-33(34)38(41(36)42)28-16-6-2-7-17-28/h2-3,6-13,16-27H,1,4-5,14-15H2. The molecule has 0 unspecified atom stereocenters. The molecule has 0 radical (unpaired) electrons. The maximum Gasteiger partial charge on any atom is -0.000719 e. The molecule has 0 spiro atoms. The van der Waals surface area contributed by atoms with Crippen molar-refractivity contribution in [1.29, 1.82) is 0 Å². The lowest BCUT2D eigenvalue weighted by Gasteiger charge is -2.24. The van der Waals surface area contributed by atoms with Crippen LogP contribution in [0, 0.1) is 0 Å². The van der Waals surface area contributed by atoms with Crippen LogP contribution in [0.2, 0.25) is 0 Å². The smallest absolute Gasteiger partial charge is 0.000719 e. The highest BCUT2D eigenvalue weighted by molar-refractivity contribution is 6.31. The Hall–Kier alpha value is -4.68. The summed E-state index contributed by atoms with van der Waals surface area (Å²) in [5, 5.41) is 8.19. The van der Waals surface area contributed by atoms with Gasteiger partial charge in [-0.1, -0.05) is 141 Å². The summed E-state index contributed by atoms with van der Waals surface area (Å²) in [6, 6.07) is 47.9. The first-order chi connectivity index (χ1) is 20.9. The predicted molar refractivity (Wildman–Crippen MR) is 180 cm³/mol. The van der Waals surface area contributed by atoms with E-state index in [0.29, 0.717) is 5.92 Å². The van der Waals surface area contributed by atoms with Crippen LogP contribution in [0.5, 0.6) is 0 Å². The van der Waals surface area contributed by atoms with Gasteiger partial charge in [-0.2, -0.15) is 0 Å². The van der Waals surface area contributed by atoms with Crippen LogP contribution in [0.25, 0.3) is 76.8 Å². The molecule has 200 valence electrons. The van der Waals surface area contributed by atoms with Gasteiger partial charge in [-0.3, -0.25) is 0 Å². The van der Waals surface area contributed by atoms with Gasteiger partial charge in [0.25, 0.3) is 0 Å². The molecule has 0 N–H and O–H groups in total. The van der Waals surface area contributed by atoms with E-state index in [1.165, 1.54) is 114 Å². The van der Waals surface area contributed by atoms with Crippen molar-refractivity contribution in [3.05, 3.63) is 133 Å². The Morgan fingerprint density at radius 2 is 0.929 bits per heavy atom.